The maximum absolute atomic E-state index is 12.4. The van der Waals surface area contributed by atoms with Gasteiger partial charge in [-0.1, -0.05) is 11.6 Å². The average Bonchev–Trinajstić information content (AvgIpc) is 2.81. The van der Waals surface area contributed by atoms with E-state index in [4.69, 9.17) is 25.8 Å². The Kier molecular flexibility index (Phi) is 4.52. The zero-order valence-electron chi connectivity index (χ0n) is 12.5. The molecule has 1 amide bonds. The fourth-order valence-electron chi connectivity index (χ4n) is 2.14. The normalized spacial score (nSPS) is 13.1. The molecule has 1 aromatic carbocycles. The van der Waals surface area contributed by atoms with Crippen LogP contribution >= 0.6 is 11.6 Å². The first-order chi connectivity index (χ1) is 11.2. The standard InChI is InChI=1S/C16H15ClN2O4/c1-21-14-4-3-11(9-18-14)19-16(20)10-7-12(17)15-13(8-10)22-5-2-6-23-15/h3-4,7-9H,2,5-6H2,1H3,(H,19,20). The molecular weight excluding hydrogens is 320 g/mol. The SMILES string of the molecule is COc1ccc(NC(=O)c2cc(Cl)c3c(c2)OCCCO3)cn1. The topological polar surface area (TPSA) is 69.7 Å². The predicted octanol–water partition coefficient (Wildman–Crippen LogP) is 3.16. The number of pyridine rings is 1. The number of aromatic nitrogens is 1. The van der Waals surface area contributed by atoms with Gasteiger partial charge in [0.05, 0.1) is 37.2 Å². The van der Waals surface area contributed by atoms with Crippen LogP contribution in [0.25, 0.3) is 0 Å². The second-order valence-corrected chi connectivity index (χ2v) is 5.29. The number of fused-ring (bicyclic) bond motifs is 1. The van der Waals surface area contributed by atoms with Gasteiger partial charge in [0, 0.05) is 18.1 Å². The van der Waals surface area contributed by atoms with Crippen molar-refractivity contribution in [1.29, 1.82) is 0 Å². The van der Waals surface area contributed by atoms with Crippen molar-refractivity contribution in [2.75, 3.05) is 25.6 Å². The van der Waals surface area contributed by atoms with Gasteiger partial charge in [-0.2, -0.15) is 0 Å². The van der Waals surface area contributed by atoms with Crippen molar-refractivity contribution in [2.45, 2.75) is 6.42 Å². The van der Waals surface area contributed by atoms with E-state index in [1.54, 1.807) is 24.3 Å². The number of carbonyl (C=O) groups excluding carboxylic acids is 1. The Hall–Kier alpha value is -2.47. The first-order valence-electron chi connectivity index (χ1n) is 7.08. The third-order valence-corrected chi connectivity index (χ3v) is 3.55. The number of ether oxygens (including phenoxy) is 3. The Morgan fingerprint density at radius 1 is 1.30 bits per heavy atom. The third kappa shape index (κ3) is 3.48. The summed E-state index contributed by atoms with van der Waals surface area (Å²) in [5.74, 6) is 1.12. The number of methoxy groups -OCH3 is 1. The Morgan fingerprint density at radius 3 is 2.87 bits per heavy atom. The van der Waals surface area contributed by atoms with Crippen LogP contribution in [0.1, 0.15) is 16.8 Å². The molecule has 23 heavy (non-hydrogen) atoms. The van der Waals surface area contributed by atoms with E-state index in [2.05, 4.69) is 10.3 Å². The quantitative estimate of drug-likeness (QED) is 0.933. The number of nitrogens with zero attached hydrogens (tertiary/aromatic N) is 1. The molecule has 0 radical (unpaired) electrons. The number of halogens is 1. The Labute approximate surface area is 138 Å². The minimum atomic E-state index is -0.311. The molecule has 0 spiro atoms. The van der Waals surface area contributed by atoms with Gasteiger partial charge < -0.3 is 19.5 Å². The number of hydrogen-bond donors (Lipinski definition) is 1. The Balaban J connectivity index is 1.81. The van der Waals surface area contributed by atoms with E-state index in [0.717, 1.165) is 6.42 Å². The second kappa shape index (κ2) is 6.75. The summed E-state index contributed by atoms with van der Waals surface area (Å²) in [4.78, 5) is 16.4. The highest BCUT2D eigenvalue weighted by atomic mass is 35.5. The van der Waals surface area contributed by atoms with E-state index in [9.17, 15) is 4.79 Å². The lowest BCUT2D eigenvalue weighted by atomic mass is 10.2. The summed E-state index contributed by atoms with van der Waals surface area (Å²) in [6, 6.07) is 6.55. The van der Waals surface area contributed by atoms with E-state index in [-0.39, 0.29) is 5.91 Å². The molecule has 0 bridgehead atoms. The number of amides is 1. The summed E-state index contributed by atoms with van der Waals surface area (Å²) < 4.78 is 16.1. The van der Waals surface area contributed by atoms with Crippen LogP contribution in [0, 0.1) is 0 Å². The zero-order chi connectivity index (χ0) is 16.2. The van der Waals surface area contributed by atoms with Crippen molar-refractivity contribution in [3.8, 4) is 17.4 Å². The molecule has 0 aliphatic carbocycles. The highest BCUT2D eigenvalue weighted by Crippen LogP contribution is 2.38. The van der Waals surface area contributed by atoms with Gasteiger partial charge in [0.15, 0.2) is 11.5 Å². The van der Waals surface area contributed by atoms with Crippen LogP contribution < -0.4 is 19.5 Å². The van der Waals surface area contributed by atoms with Crippen LogP contribution in [0.15, 0.2) is 30.5 Å². The lowest BCUT2D eigenvalue weighted by molar-refractivity contribution is 0.102. The van der Waals surface area contributed by atoms with E-state index < -0.39 is 0 Å². The van der Waals surface area contributed by atoms with Crippen molar-refractivity contribution in [3.05, 3.63) is 41.0 Å². The van der Waals surface area contributed by atoms with Gasteiger partial charge in [-0.25, -0.2) is 4.98 Å². The van der Waals surface area contributed by atoms with Crippen LogP contribution in [0.3, 0.4) is 0 Å². The van der Waals surface area contributed by atoms with Crippen LogP contribution in [0.5, 0.6) is 17.4 Å². The highest BCUT2D eigenvalue weighted by Gasteiger charge is 2.18. The number of anilines is 1. The summed E-state index contributed by atoms with van der Waals surface area (Å²) in [5.41, 5.74) is 0.939. The number of nitrogens with one attached hydrogen (secondary N) is 1. The van der Waals surface area contributed by atoms with Gasteiger partial charge >= 0.3 is 0 Å². The number of hydrogen-bond acceptors (Lipinski definition) is 5. The summed E-state index contributed by atoms with van der Waals surface area (Å²) in [5, 5.41) is 3.10. The fraction of sp³-hybridized carbons (Fsp3) is 0.250. The average molecular weight is 335 g/mol. The molecule has 1 aliphatic rings. The number of rotatable bonds is 3. The van der Waals surface area contributed by atoms with Gasteiger partial charge in [-0.05, 0) is 18.2 Å². The summed E-state index contributed by atoms with van der Waals surface area (Å²) in [6.45, 7) is 1.06. The maximum Gasteiger partial charge on any atom is 0.255 e. The van der Waals surface area contributed by atoms with Crippen LogP contribution in [-0.4, -0.2) is 31.2 Å². The molecule has 1 N–H and O–H groups in total. The maximum atomic E-state index is 12.4. The Bertz CT molecular complexity index is 719. The van der Waals surface area contributed by atoms with E-state index in [0.29, 0.717) is 46.9 Å². The van der Waals surface area contributed by atoms with E-state index in [1.165, 1.54) is 13.3 Å². The molecule has 0 fully saturated rings. The first-order valence-corrected chi connectivity index (χ1v) is 7.45. The van der Waals surface area contributed by atoms with Crippen molar-refractivity contribution >= 4 is 23.2 Å². The summed E-state index contributed by atoms with van der Waals surface area (Å²) in [7, 11) is 1.53. The first kappa shape index (κ1) is 15.4. The lowest BCUT2D eigenvalue weighted by Gasteiger charge is -2.12. The molecule has 0 atom stereocenters. The largest absolute Gasteiger partial charge is 0.489 e. The molecule has 7 heteroatoms. The lowest BCUT2D eigenvalue weighted by Crippen LogP contribution is -2.12. The van der Waals surface area contributed by atoms with Gasteiger partial charge in [0.25, 0.3) is 5.91 Å². The van der Waals surface area contributed by atoms with Crippen molar-refractivity contribution in [3.63, 3.8) is 0 Å². The van der Waals surface area contributed by atoms with E-state index >= 15 is 0 Å². The highest BCUT2D eigenvalue weighted by molar-refractivity contribution is 6.32. The molecule has 6 nitrogen and oxygen atoms in total. The molecule has 0 saturated carbocycles. The van der Waals surface area contributed by atoms with Gasteiger partial charge in [0.2, 0.25) is 5.88 Å². The van der Waals surface area contributed by atoms with E-state index in [1.807, 2.05) is 0 Å². The van der Waals surface area contributed by atoms with Crippen LogP contribution in [0.2, 0.25) is 5.02 Å². The van der Waals surface area contributed by atoms with Crippen molar-refractivity contribution in [2.24, 2.45) is 0 Å². The summed E-state index contributed by atoms with van der Waals surface area (Å²) in [6.07, 6.45) is 2.28. The summed E-state index contributed by atoms with van der Waals surface area (Å²) >= 11 is 6.19. The molecule has 3 rings (SSSR count). The monoisotopic (exact) mass is 334 g/mol. The predicted molar refractivity (Wildman–Crippen MR) is 85.8 cm³/mol. The van der Waals surface area contributed by atoms with Gasteiger partial charge in [0.1, 0.15) is 0 Å². The molecular formula is C16H15ClN2O4. The molecule has 0 saturated heterocycles. The number of benzene rings is 1. The second-order valence-electron chi connectivity index (χ2n) is 4.88. The minimum Gasteiger partial charge on any atom is -0.489 e. The fourth-order valence-corrected chi connectivity index (χ4v) is 2.41. The molecule has 120 valence electrons. The molecule has 2 aromatic rings. The molecule has 1 aliphatic heterocycles. The molecule has 1 aromatic heterocycles. The zero-order valence-corrected chi connectivity index (χ0v) is 13.2. The van der Waals surface area contributed by atoms with Crippen molar-refractivity contribution < 1.29 is 19.0 Å². The van der Waals surface area contributed by atoms with Gasteiger partial charge in [-0.15, -0.1) is 0 Å². The molecule has 2 heterocycles. The smallest absolute Gasteiger partial charge is 0.255 e. The van der Waals surface area contributed by atoms with Crippen molar-refractivity contribution in [1.82, 2.24) is 4.98 Å². The van der Waals surface area contributed by atoms with Crippen LogP contribution in [-0.2, 0) is 0 Å². The minimum absolute atomic E-state index is 0.311. The Morgan fingerprint density at radius 2 is 2.13 bits per heavy atom. The third-order valence-electron chi connectivity index (χ3n) is 3.27. The number of carbonyl (C=O) groups is 1. The van der Waals surface area contributed by atoms with Gasteiger partial charge in [-0.3, -0.25) is 4.79 Å². The van der Waals surface area contributed by atoms with Crippen LogP contribution in [0.4, 0.5) is 5.69 Å². The molecule has 0 unspecified atom stereocenters.